The molecule has 0 spiro atoms. The first-order valence-electron chi connectivity index (χ1n) is 7.75. The predicted octanol–water partition coefficient (Wildman–Crippen LogP) is 3.95. The SMILES string of the molecule is O=S(=O)(CF)c1cn(-c2ccc(F)c(C(F)(F)F)c2)c2c1C(O)C(F)(F)CC2. The minimum atomic E-state index is -5.06. The molecule has 1 heterocycles. The van der Waals surface area contributed by atoms with E-state index in [0.29, 0.717) is 18.3 Å². The lowest BCUT2D eigenvalue weighted by atomic mass is 9.91. The fourth-order valence-corrected chi connectivity index (χ4v) is 4.08. The third kappa shape index (κ3) is 3.28. The molecule has 4 nitrogen and oxygen atoms in total. The standard InChI is InChI=1S/C16H12F7NO3S/c17-7-28(26,27)12-6-24(11-3-4-15(19,20)14(25)13(11)12)8-1-2-10(18)9(5-8)16(21,22)23/h1-2,5-6,14,25H,3-4,7H2. The molecule has 2 aromatic rings. The van der Waals surface area contributed by atoms with Crippen molar-refractivity contribution in [3.8, 4) is 5.69 Å². The molecule has 154 valence electrons. The molecular formula is C16H12F7NO3S. The zero-order chi connectivity index (χ0) is 21.1. The van der Waals surface area contributed by atoms with Crippen LogP contribution in [0.3, 0.4) is 0 Å². The third-order valence-corrected chi connectivity index (χ3v) is 5.78. The molecule has 1 unspecified atom stereocenters. The Morgan fingerprint density at radius 2 is 1.89 bits per heavy atom. The molecule has 0 saturated carbocycles. The summed E-state index contributed by atoms with van der Waals surface area (Å²) < 4.78 is 118. The number of aliphatic hydroxyl groups excluding tert-OH is 1. The van der Waals surface area contributed by atoms with E-state index in [9.17, 15) is 44.3 Å². The summed E-state index contributed by atoms with van der Waals surface area (Å²) in [5, 5.41) is 9.93. The summed E-state index contributed by atoms with van der Waals surface area (Å²) in [4.78, 5) is -0.949. The van der Waals surface area contributed by atoms with Crippen LogP contribution in [-0.2, 0) is 22.4 Å². The van der Waals surface area contributed by atoms with Crippen molar-refractivity contribution in [3.63, 3.8) is 0 Å². The number of aromatic nitrogens is 1. The normalized spacial score (nSPS) is 19.5. The minimum Gasteiger partial charge on any atom is -0.382 e. The number of rotatable bonds is 3. The van der Waals surface area contributed by atoms with E-state index in [2.05, 4.69) is 0 Å². The Morgan fingerprint density at radius 3 is 2.46 bits per heavy atom. The molecule has 0 amide bonds. The average molecular weight is 431 g/mol. The van der Waals surface area contributed by atoms with Crippen LogP contribution in [0.1, 0.15) is 29.3 Å². The van der Waals surface area contributed by atoms with Gasteiger partial charge in [0.2, 0.25) is 9.84 Å². The first-order chi connectivity index (χ1) is 12.8. The smallest absolute Gasteiger partial charge is 0.382 e. The van der Waals surface area contributed by atoms with Crippen molar-refractivity contribution in [2.75, 3.05) is 6.01 Å². The Labute approximate surface area is 154 Å². The minimum absolute atomic E-state index is 0.217. The molecular weight excluding hydrogens is 419 g/mol. The highest BCUT2D eigenvalue weighted by Crippen LogP contribution is 2.46. The quantitative estimate of drug-likeness (QED) is 0.749. The van der Waals surface area contributed by atoms with Crippen molar-refractivity contribution in [2.45, 2.75) is 35.9 Å². The van der Waals surface area contributed by atoms with Gasteiger partial charge in [-0.05, 0) is 24.6 Å². The van der Waals surface area contributed by atoms with E-state index >= 15 is 0 Å². The number of sulfone groups is 1. The van der Waals surface area contributed by atoms with Crippen LogP contribution in [0.15, 0.2) is 29.3 Å². The summed E-state index contributed by atoms with van der Waals surface area (Å²) in [5.41, 5.74) is -3.01. The second-order valence-electron chi connectivity index (χ2n) is 6.27. The second kappa shape index (κ2) is 6.48. The molecule has 1 aliphatic rings. The molecule has 1 N–H and O–H groups in total. The molecule has 0 saturated heterocycles. The Bertz CT molecular complexity index is 1030. The molecule has 0 bridgehead atoms. The number of alkyl halides is 6. The zero-order valence-electron chi connectivity index (χ0n) is 13.8. The van der Waals surface area contributed by atoms with Gasteiger partial charge in [-0.1, -0.05) is 0 Å². The number of benzene rings is 1. The molecule has 12 heteroatoms. The fourth-order valence-electron chi connectivity index (χ4n) is 3.13. The van der Waals surface area contributed by atoms with Gasteiger partial charge < -0.3 is 9.67 Å². The van der Waals surface area contributed by atoms with Crippen molar-refractivity contribution < 1.29 is 44.3 Å². The zero-order valence-corrected chi connectivity index (χ0v) is 14.6. The third-order valence-electron chi connectivity index (χ3n) is 4.49. The topological polar surface area (TPSA) is 59.3 Å². The molecule has 0 fully saturated rings. The lowest BCUT2D eigenvalue weighted by molar-refractivity contribution is -0.140. The Kier molecular flexibility index (Phi) is 4.78. The van der Waals surface area contributed by atoms with Crippen LogP contribution in [0, 0.1) is 5.82 Å². The summed E-state index contributed by atoms with van der Waals surface area (Å²) in [6, 6.07) is -0.211. The maximum Gasteiger partial charge on any atom is 0.419 e. The van der Waals surface area contributed by atoms with Gasteiger partial charge in [-0.25, -0.2) is 26.0 Å². The maximum absolute atomic E-state index is 13.9. The van der Waals surface area contributed by atoms with Crippen LogP contribution in [0.5, 0.6) is 0 Å². The van der Waals surface area contributed by atoms with Crippen molar-refractivity contribution in [2.24, 2.45) is 0 Å². The van der Waals surface area contributed by atoms with Gasteiger partial charge in [0.1, 0.15) is 11.9 Å². The number of nitrogens with zero attached hydrogens (tertiary/aromatic N) is 1. The van der Waals surface area contributed by atoms with E-state index in [1.807, 2.05) is 0 Å². The second-order valence-corrected chi connectivity index (χ2v) is 8.16. The van der Waals surface area contributed by atoms with Gasteiger partial charge >= 0.3 is 6.18 Å². The van der Waals surface area contributed by atoms with E-state index < -0.39 is 68.7 Å². The number of hydrogen-bond donors (Lipinski definition) is 1. The Hall–Kier alpha value is -2.08. The number of aliphatic hydroxyl groups is 1. The van der Waals surface area contributed by atoms with Crippen LogP contribution in [0.2, 0.25) is 0 Å². The molecule has 1 aliphatic carbocycles. The summed E-state index contributed by atoms with van der Waals surface area (Å²) in [6.07, 6.45) is -8.39. The summed E-state index contributed by atoms with van der Waals surface area (Å²) in [6.45, 7) is 0. The molecule has 1 atom stereocenters. The van der Waals surface area contributed by atoms with Crippen molar-refractivity contribution in [3.05, 3.63) is 47.0 Å². The van der Waals surface area contributed by atoms with Crippen LogP contribution >= 0.6 is 0 Å². The lowest BCUT2D eigenvalue weighted by Gasteiger charge is -2.29. The molecule has 0 aliphatic heterocycles. The van der Waals surface area contributed by atoms with Gasteiger partial charge in [-0.3, -0.25) is 0 Å². The number of fused-ring (bicyclic) bond motifs is 1. The van der Waals surface area contributed by atoms with Crippen LogP contribution < -0.4 is 0 Å². The van der Waals surface area contributed by atoms with Crippen molar-refractivity contribution >= 4 is 9.84 Å². The van der Waals surface area contributed by atoms with Gasteiger partial charge in [-0.2, -0.15) is 13.2 Å². The van der Waals surface area contributed by atoms with Crippen molar-refractivity contribution in [1.29, 1.82) is 0 Å². The first-order valence-corrected chi connectivity index (χ1v) is 9.40. The summed E-state index contributed by atoms with van der Waals surface area (Å²) in [7, 11) is -4.73. The highest BCUT2D eigenvalue weighted by atomic mass is 32.2. The van der Waals surface area contributed by atoms with Crippen LogP contribution in [0.25, 0.3) is 5.69 Å². The highest BCUT2D eigenvalue weighted by molar-refractivity contribution is 7.91. The lowest BCUT2D eigenvalue weighted by Crippen LogP contribution is -2.33. The largest absolute Gasteiger partial charge is 0.419 e. The van der Waals surface area contributed by atoms with Gasteiger partial charge in [0, 0.05) is 29.6 Å². The fraction of sp³-hybridized carbons (Fsp3) is 0.375. The summed E-state index contributed by atoms with van der Waals surface area (Å²) in [5.74, 6) is -5.29. The summed E-state index contributed by atoms with van der Waals surface area (Å²) >= 11 is 0. The highest BCUT2D eigenvalue weighted by Gasteiger charge is 2.48. The van der Waals surface area contributed by atoms with E-state index in [0.717, 1.165) is 10.6 Å². The van der Waals surface area contributed by atoms with E-state index in [4.69, 9.17) is 0 Å². The molecule has 3 rings (SSSR count). The van der Waals surface area contributed by atoms with Crippen LogP contribution in [-0.4, -0.2) is 30.0 Å². The molecule has 0 radical (unpaired) electrons. The monoisotopic (exact) mass is 431 g/mol. The van der Waals surface area contributed by atoms with Gasteiger partial charge in [0.15, 0.2) is 6.01 Å². The maximum atomic E-state index is 13.9. The molecule has 1 aromatic carbocycles. The average Bonchev–Trinajstić information content (AvgIpc) is 2.98. The number of halogens is 7. The Morgan fingerprint density at radius 1 is 1.25 bits per heavy atom. The van der Waals surface area contributed by atoms with Crippen molar-refractivity contribution in [1.82, 2.24) is 4.57 Å². The van der Waals surface area contributed by atoms with Gasteiger partial charge in [0.05, 0.1) is 10.5 Å². The molecule has 28 heavy (non-hydrogen) atoms. The van der Waals surface area contributed by atoms with E-state index in [-0.39, 0.29) is 11.4 Å². The van der Waals surface area contributed by atoms with Gasteiger partial charge in [0.25, 0.3) is 5.92 Å². The Balaban J connectivity index is 2.30. The predicted molar refractivity (Wildman–Crippen MR) is 82.1 cm³/mol. The van der Waals surface area contributed by atoms with Crippen LogP contribution in [0.4, 0.5) is 30.7 Å². The van der Waals surface area contributed by atoms with Gasteiger partial charge in [-0.15, -0.1) is 0 Å². The van der Waals surface area contributed by atoms with E-state index in [1.165, 1.54) is 0 Å². The first kappa shape index (κ1) is 20.6. The van der Waals surface area contributed by atoms with E-state index in [1.54, 1.807) is 0 Å². The molecule has 1 aromatic heterocycles. The number of hydrogen-bond acceptors (Lipinski definition) is 3.